The zero-order valence-electron chi connectivity index (χ0n) is 9.51. The molecule has 0 N–H and O–H groups in total. The number of ketones is 1. The molecule has 0 aliphatic rings. The lowest BCUT2D eigenvalue weighted by atomic mass is 9.97. The van der Waals surface area contributed by atoms with Crippen LogP contribution < -0.4 is 5.46 Å². The van der Waals surface area contributed by atoms with Gasteiger partial charge in [-0.05, 0) is 25.1 Å². The first kappa shape index (κ1) is 12.0. The fourth-order valence-corrected chi connectivity index (χ4v) is 2.36. The summed E-state index contributed by atoms with van der Waals surface area (Å²) < 4.78 is 0. The molecule has 0 unspecified atom stereocenters. The summed E-state index contributed by atoms with van der Waals surface area (Å²) in [7, 11) is 5.72. The minimum absolute atomic E-state index is 0.0884. The van der Waals surface area contributed by atoms with Crippen molar-refractivity contribution in [2.24, 2.45) is 0 Å². The summed E-state index contributed by atoms with van der Waals surface area (Å²) in [5.74, 6) is 0.0884. The van der Waals surface area contributed by atoms with Crippen molar-refractivity contribution in [1.29, 1.82) is 0 Å². The Morgan fingerprint density at radius 3 is 2.35 bits per heavy atom. The van der Waals surface area contributed by atoms with Gasteiger partial charge in [-0.1, -0.05) is 47.6 Å². The van der Waals surface area contributed by atoms with E-state index in [1.54, 1.807) is 18.7 Å². The summed E-state index contributed by atoms with van der Waals surface area (Å²) in [6.07, 6.45) is 0. The maximum absolute atomic E-state index is 11.1. The van der Waals surface area contributed by atoms with Gasteiger partial charge in [0.1, 0.15) is 7.85 Å². The standard InChI is InChI=1S/C14H11BOS/c1-10(16)11-5-7-13(8-6-11)17-14-4-2-3-12(15)9-14/h2-9H,1H3. The monoisotopic (exact) mass is 238 g/mol. The first-order valence-corrected chi connectivity index (χ1v) is 6.11. The topological polar surface area (TPSA) is 17.1 Å². The van der Waals surface area contributed by atoms with Crippen molar-refractivity contribution in [3.05, 3.63) is 54.1 Å². The van der Waals surface area contributed by atoms with Crippen LogP contribution in [0.4, 0.5) is 0 Å². The van der Waals surface area contributed by atoms with E-state index in [-0.39, 0.29) is 5.78 Å². The minimum Gasteiger partial charge on any atom is -0.295 e. The highest BCUT2D eigenvalue weighted by atomic mass is 32.2. The van der Waals surface area contributed by atoms with E-state index in [0.29, 0.717) is 0 Å². The molecule has 0 heterocycles. The van der Waals surface area contributed by atoms with E-state index in [1.807, 2.05) is 48.5 Å². The van der Waals surface area contributed by atoms with Gasteiger partial charge in [0, 0.05) is 15.4 Å². The van der Waals surface area contributed by atoms with Crippen LogP contribution in [0.3, 0.4) is 0 Å². The fraction of sp³-hybridized carbons (Fsp3) is 0.0714. The van der Waals surface area contributed by atoms with Crippen LogP contribution in [0.5, 0.6) is 0 Å². The van der Waals surface area contributed by atoms with Crippen LogP contribution in [0.15, 0.2) is 58.3 Å². The van der Waals surface area contributed by atoms with Crippen LogP contribution in [0, 0.1) is 0 Å². The first-order valence-electron chi connectivity index (χ1n) is 5.29. The van der Waals surface area contributed by atoms with Gasteiger partial charge < -0.3 is 0 Å². The van der Waals surface area contributed by atoms with Gasteiger partial charge in [0.05, 0.1) is 0 Å². The van der Waals surface area contributed by atoms with Gasteiger partial charge in [-0.25, -0.2) is 0 Å². The summed E-state index contributed by atoms with van der Waals surface area (Å²) >= 11 is 1.63. The SMILES string of the molecule is [B]c1cccc(Sc2ccc(C(C)=O)cc2)c1. The molecule has 0 bridgehead atoms. The van der Waals surface area contributed by atoms with Crippen molar-refractivity contribution in [2.45, 2.75) is 16.7 Å². The van der Waals surface area contributed by atoms with E-state index in [9.17, 15) is 4.79 Å². The Kier molecular flexibility index (Phi) is 3.69. The van der Waals surface area contributed by atoms with Crippen LogP contribution in [0.25, 0.3) is 0 Å². The second kappa shape index (κ2) is 5.24. The summed E-state index contributed by atoms with van der Waals surface area (Å²) in [5.41, 5.74) is 1.50. The van der Waals surface area contributed by atoms with Crippen LogP contribution in [-0.2, 0) is 0 Å². The number of rotatable bonds is 3. The molecule has 0 saturated carbocycles. The van der Waals surface area contributed by atoms with E-state index in [1.165, 1.54) is 0 Å². The lowest BCUT2D eigenvalue weighted by Crippen LogP contribution is -1.99. The molecule has 0 fully saturated rings. The van der Waals surface area contributed by atoms with Gasteiger partial charge in [-0.2, -0.15) is 0 Å². The van der Waals surface area contributed by atoms with Crippen molar-refractivity contribution in [3.63, 3.8) is 0 Å². The summed E-state index contributed by atoms with van der Waals surface area (Å²) in [6, 6.07) is 15.3. The smallest absolute Gasteiger partial charge is 0.159 e. The number of benzene rings is 2. The first-order chi connectivity index (χ1) is 8.15. The Bertz CT molecular complexity index is 534. The molecule has 0 amide bonds. The van der Waals surface area contributed by atoms with Crippen molar-refractivity contribution >= 4 is 30.9 Å². The molecule has 2 rings (SSSR count). The molecular formula is C14H11BOS. The number of carbonyl (C=O) groups is 1. The third-order valence-corrected chi connectivity index (χ3v) is 3.35. The third kappa shape index (κ3) is 3.24. The second-order valence-electron chi connectivity index (χ2n) is 3.76. The molecule has 2 aromatic rings. The molecule has 0 aliphatic carbocycles. The minimum atomic E-state index is 0.0884. The predicted molar refractivity (Wildman–Crippen MR) is 72.4 cm³/mol. The Labute approximate surface area is 107 Å². The van der Waals surface area contributed by atoms with E-state index in [2.05, 4.69) is 0 Å². The molecule has 2 radical (unpaired) electrons. The molecule has 1 nitrogen and oxygen atoms in total. The zero-order chi connectivity index (χ0) is 12.3. The largest absolute Gasteiger partial charge is 0.295 e. The molecule has 17 heavy (non-hydrogen) atoms. The lowest BCUT2D eigenvalue weighted by Gasteiger charge is -2.03. The molecule has 0 aliphatic heterocycles. The van der Waals surface area contributed by atoms with Gasteiger partial charge in [-0.15, -0.1) is 0 Å². The maximum atomic E-state index is 11.1. The normalized spacial score (nSPS) is 10.2. The summed E-state index contributed by atoms with van der Waals surface area (Å²) in [5, 5.41) is 0. The highest BCUT2D eigenvalue weighted by Gasteiger charge is 2.00. The maximum Gasteiger partial charge on any atom is 0.159 e. The van der Waals surface area contributed by atoms with Crippen LogP contribution >= 0.6 is 11.8 Å². The number of hydrogen-bond donors (Lipinski definition) is 0. The van der Waals surface area contributed by atoms with Gasteiger partial charge in [0.2, 0.25) is 0 Å². The van der Waals surface area contributed by atoms with E-state index >= 15 is 0 Å². The third-order valence-electron chi connectivity index (χ3n) is 2.35. The highest BCUT2D eigenvalue weighted by Crippen LogP contribution is 2.26. The predicted octanol–water partition coefficient (Wildman–Crippen LogP) is 2.83. The Morgan fingerprint density at radius 2 is 1.76 bits per heavy atom. The average Bonchev–Trinajstić information content (AvgIpc) is 2.29. The number of Topliss-reactive ketones (excluding diaryl/α,β-unsaturated/α-hetero) is 1. The van der Waals surface area contributed by atoms with Crippen molar-refractivity contribution in [2.75, 3.05) is 0 Å². The number of carbonyl (C=O) groups excluding carboxylic acids is 1. The Morgan fingerprint density at radius 1 is 1.06 bits per heavy atom. The van der Waals surface area contributed by atoms with Gasteiger partial charge in [0.15, 0.2) is 5.78 Å². The molecule has 0 saturated heterocycles. The molecule has 0 spiro atoms. The quantitative estimate of drug-likeness (QED) is 0.604. The van der Waals surface area contributed by atoms with Gasteiger partial charge in [0.25, 0.3) is 0 Å². The van der Waals surface area contributed by atoms with Crippen molar-refractivity contribution in [1.82, 2.24) is 0 Å². The summed E-state index contributed by atoms with van der Waals surface area (Å²) in [4.78, 5) is 13.3. The lowest BCUT2D eigenvalue weighted by molar-refractivity contribution is 0.101. The fourth-order valence-electron chi connectivity index (χ4n) is 1.47. The van der Waals surface area contributed by atoms with E-state index in [0.717, 1.165) is 20.8 Å². The Hall–Kier alpha value is -1.48. The van der Waals surface area contributed by atoms with Crippen molar-refractivity contribution in [3.8, 4) is 0 Å². The highest BCUT2D eigenvalue weighted by molar-refractivity contribution is 7.99. The number of hydrogen-bond acceptors (Lipinski definition) is 2. The van der Waals surface area contributed by atoms with Crippen molar-refractivity contribution < 1.29 is 4.79 Å². The van der Waals surface area contributed by atoms with Crippen LogP contribution in [-0.4, -0.2) is 13.6 Å². The zero-order valence-corrected chi connectivity index (χ0v) is 10.3. The van der Waals surface area contributed by atoms with Gasteiger partial charge >= 0.3 is 0 Å². The Balaban J connectivity index is 2.16. The van der Waals surface area contributed by atoms with Crippen LogP contribution in [0.2, 0.25) is 0 Å². The van der Waals surface area contributed by atoms with E-state index in [4.69, 9.17) is 7.85 Å². The van der Waals surface area contributed by atoms with E-state index < -0.39 is 0 Å². The second-order valence-corrected chi connectivity index (χ2v) is 4.90. The molecule has 3 heteroatoms. The molecule has 0 atom stereocenters. The molecular weight excluding hydrogens is 227 g/mol. The van der Waals surface area contributed by atoms with Gasteiger partial charge in [-0.3, -0.25) is 4.79 Å². The molecule has 2 aromatic carbocycles. The summed E-state index contributed by atoms with van der Waals surface area (Å²) in [6.45, 7) is 1.57. The van der Waals surface area contributed by atoms with Crippen LogP contribution in [0.1, 0.15) is 17.3 Å². The average molecular weight is 238 g/mol. The molecule has 0 aromatic heterocycles. The molecule has 82 valence electrons.